The average Bonchev–Trinajstić information content (AvgIpc) is 1.94. The Kier molecular flexibility index (Phi) is 4.89. The molecule has 0 rings (SSSR count). The van der Waals surface area contributed by atoms with Crippen molar-refractivity contribution in [1.29, 1.82) is 0 Å². The molecule has 0 aliphatic carbocycles. The van der Waals surface area contributed by atoms with Crippen molar-refractivity contribution in [2.75, 3.05) is 0 Å². The summed E-state index contributed by atoms with van der Waals surface area (Å²) in [6.07, 6.45) is -1.29. The second kappa shape index (κ2) is 5.18. The van der Waals surface area contributed by atoms with E-state index in [-0.39, 0.29) is 0 Å². The van der Waals surface area contributed by atoms with Crippen LogP contribution >= 0.6 is 8.09 Å². The molecule has 1 unspecified atom stereocenters. The van der Waals surface area contributed by atoms with Crippen molar-refractivity contribution in [2.45, 2.75) is 18.9 Å². The van der Waals surface area contributed by atoms with Crippen LogP contribution in [0.2, 0.25) is 0 Å². The molecule has 0 bridgehead atoms. The van der Waals surface area contributed by atoms with Gasteiger partial charge in [-0.25, -0.2) is 5.09 Å². The van der Waals surface area contributed by atoms with Gasteiger partial charge in [-0.05, 0) is 12.8 Å². The smallest absolute Gasteiger partial charge is 0.0802 e. The van der Waals surface area contributed by atoms with Gasteiger partial charge in [-0.3, -0.25) is 0 Å². The lowest BCUT2D eigenvalue weighted by Crippen LogP contribution is -2.53. The van der Waals surface area contributed by atoms with E-state index in [0.717, 1.165) is 0 Å². The highest BCUT2D eigenvalue weighted by Gasteiger charge is 2.13. The van der Waals surface area contributed by atoms with Gasteiger partial charge in [-0.2, -0.15) is 0 Å². The minimum absolute atomic E-state index is 0.598. The lowest BCUT2D eigenvalue weighted by atomic mass is 10.2. The third kappa shape index (κ3) is 6.70. The molecule has 9 heteroatoms. The van der Waals surface area contributed by atoms with Crippen molar-refractivity contribution < 1.29 is 34.5 Å². The summed E-state index contributed by atoms with van der Waals surface area (Å²) in [6, 6.07) is -1.84. The molecule has 1 N–H and O–H groups in total. The van der Waals surface area contributed by atoms with Crippen molar-refractivity contribution in [3.05, 3.63) is 0 Å². The van der Waals surface area contributed by atoms with Crippen LogP contribution < -0.4 is 30.0 Å². The number of aliphatic carboxylic acids is 2. The van der Waals surface area contributed by atoms with Crippen LogP contribution in [0.3, 0.4) is 0 Å². The predicted molar refractivity (Wildman–Crippen MR) is 33.1 cm³/mol. The van der Waals surface area contributed by atoms with Gasteiger partial charge < -0.3 is 34.5 Å². The van der Waals surface area contributed by atoms with Crippen LogP contribution in [0.25, 0.3) is 0 Å². The Morgan fingerprint density at radius 1 is 1.21 bits per heavy atom. The van der Waals surface area contributed by atoms with Gasteiger partial charge in [0.15, 0.2) is 0 Å². The van der Waals surface area contributed by atoms with Crippen molar-refractivity contribution >= 4 is 20.0 Å². The van der Waals surface area contributed by atoms with E-state index < -0.39 is 38.9 Å². The van der Waals surface area contributed by atoms with Crippen LogP contribution in [0, 0.1) is 0 Å². The molecule has 0 saturated carbocycles. The van der Waals surface area contributed by atoms with Gasteiger partial charge in [-0.1, -0.05) is 8.09 Å². The first-order chi connectivity index (χ1) is 6.22. The maximum absolute atomic E-state index is 10.2. The van der Waals surface area contributed by atoms with Crippen LogP contribution in [-0.2, 0) is 9.59 Å². The van der Waals surface area contributed by atoms with Gasteiger partial charge in [0.25, 0.3) is 0 Å². The fourth-order valence-corrected chi connectivity index (χ4v) is 1.30. The predicted octanol–water partition coefficient (Wildman–Crippen LogP) is -6.02. The van der Waals surface area contributed by atoms with Gasteiger partial charge >= 0.3 is 0 Å². The zero-order valence-corrected chi connectivity index (χ0v) is 7.69. The fraction of sp³-hybridized carbons (Fsp3) is 0.600. The Morgan fingerprint density at radius 2 is 1.71 bits per heavy atom. The summed E-state index contributed by atoms with van der Waals surface area (Å²) in [5, 5.41) is 21.3. The molecule has 0 aromatic carbocycles. The Hall–Kier alpha value is -0.790. The van der Waals surface area contributed by atoms with E-state index in [0.29, 0.717) is 0 Å². The first kappa shape index (κ1) is 13.2. The molecule has 1 atom stereocenters. The number of carboxylic acids is 2. The van der Waals surface area contributed by atoms with Gasteiger partial charge in [0, 0.05) is 5.97 Å². The van der Waals surface area contributed by atoms with Crippen LogP contribution in [-0.4, -0.2) is 18.0 Å². The van der Waals surface area contributed by atoms with E-state index in [9.17, 15) is 34.5 Å². The van der Waals surface area contributed by atoms with Gasteiger partial charge in [0.05, 0.1) is 12.0 Å². The van der Waals surface area contributed by atoms with Gasteiger partial charge in [0.2, 0.25) is 0 Å². The summed E-state index contributed by atoms with van der Waals surface area (Å²) in [5.74, 6) is -3.41. The number of nitrogens with one attached hydrogen (secondary N) is 1. The highest BCUT2D eigenvalue weighted by Crippen LogP contribution is 2.22. The third-order valence-corrected chi connectivity index (χ3v) is 1.86. The zero-order chi connectivity index (χ0) is 11.4. The van der Waals surface area contributed by atoms with E-state index in [2.05, 4.69) is 0 Å². The van der Waals surface area contributed by atoms with Crippen molar-refractivity contribution in [3.8, 4) is 0 Å². The molecular weight excluding hydrogens is 217 g/mol. The first-order valence-electron chi connectivity index (χ1n) is 3.43. The first-order valence-corrected chi connectivity index (χ1v) is 4.97. The Balaban J connectivity index is 4.17. The van der Waals surface area contributed by atoms with Crippen LogP contribution in [0.5, 0.6) is 0 Å². The summed E-state index contributed by atoms with van der Waals surface area (Å²) in [4.78, 5) is 50.4. The zero-order valence-electron chi connectivity index (χ0n) is 6.80. The SMILES string of the molecule is O=C([O-])CCC(N[P+]([O-])([O-])[O-])C(=O)[O-]. The maximum atomic E-state index is 10.2. The summed E-state index contributed by atoms with van der Waals surface area (Å²) in [7, 11) is -5.22. The summed E-state index contributed by atoms with van der Waals surface area (Å²) in [6.45, 7) is 0. The second-order valence-corrected chi connectivity index (χ2v) is 3.66. The van der Waals surface area contributed by atoms with Crippen LogP contribution in [0.15, 0.2) is 0 Å². The summed E-state index contributed by atoms with van der Waals surface area (Å²) in [5.41, 5.74) is 0. The number of rotatable bonds is 6. The Bertz CT molecular complexity index is 225. The minimum Gasteiger partial charge on any atom is -0.673 e. The number of hydrogen-bond donors (Lipinski definition) is 1. The van der Waals surface area contributed by atoms with Crippen molar-refractivity contribution in [1.82, 2.24) is 5.09 Å². The summed E-state index contributed by atoms with van der Waals surface area (Å²) < 4.78 is 0. The molecule has 0 saturated heterocycles. The standard InChI is InChI=1S/C5H10NO7P/c7-4(8)2-1-3(5(9)10)6-14(11,12)13/h3H,1-2H2,(H,7,8)(H,9,10)(H3,6,11,12,13)/p-4. The van der Waals surface area contributed by atoms with E-state index in [1.54, 1.807) is 0 Å². The largest absolute Gasteiger partial charge is 0.673 e. The minimum atomic E-state index is -5.22. The highest BCUT2D eigenvalue weighted by atomic mass is 31.2. The molecule has 0 aliphatic rings. The molecule has 0 aromatic rings. The number of carbonyl (C=O) groups excluding carboxylic acids is 2. The number of carbonyl (C=O) groups is 2. The van der Waals surface area contributed by atoms with Crippen LogP contribution in [0.1, 0.15) is 12.8 Å². The number of hydrogen-bond acceptors (Lipinski definition) is 8. The molecule has 82 valence electrons. The fourth-order valence-electron chi connectivity index (χ4n) is 0.688. The molecule has 14 heavy (non-hydrogen) atoms. The van der Waals surface area contributed by atoms with Crippen molar-refractivity contribution in [3.63, 3.8) is 0 Å². The highest BCUT2D eigenvalue weighted by molar-refractivity contribution is 7.52. The Morgan fingerprint density at radius 3 is 2.00 bits per heavy atom. The Labute approximate surface area is 79.4 Å². The lowest BCUT2D eigenvalue weighted by Gasteiger charge is -2.44. The van der Waals surface area contributed by atoms with E-state index >= 15 is 0 Å². The normalized spacial score (nSPS) is 13.6. The second-order valence-electron chi connectivity index (χ2n) is 2.41. The molecule has 0 amide bonds. The molecule has 0 heterocycles. The third-order valence-electron chi connectivity index (χ3n) is 1.24. The summed E-state index contributed by atoms with van der Waals surface area (Å²) >= 11 is 0. The van der Waals surface area contributed by atoms with Gasteiger partial charge in [-0.15, -0.1) is 0 Å². The van der Waals surface area contributed by atoms with Crippen molar-refractivity contribution in [2.24, 2.45) is 0 Å². The van der Waals surface area contributed by atoms with Crippen LogP contribution in [0.4, 0.5) is 0 Å². The molecule has 0 fully saturated rings. The molecule has 0 aliphatic heterocycles. The lowest BCUT2D eigenvalue weighted by molar-refractivity contribution is -0.433. The molecule has 8 nitrogen and oxygen atoms in total. The molecule has 0 spiro atoms. The molecule has 0 aromatic heterocycles. The topological polar surface area (TPSA) is 161 Å². The molecular formula is C5H6NO7P-4. The molecule has 0 radical (unpaired) electrons. The average molecular weight is 223 g/mol. The monoisotopic (exact) mass is 223 g/mol. The number of carboxylic acid groups (broad SMARTS) is 2. The maximum Gasteiger partial charge on any atom is 0.0802 e. The van der Waals surface area contributed by atoms with E-state index in [4.69, 9.17) is 0 Å². The quantitative estimate of drug-likeness (QED) is 0.435. The van der Waals surface area contributed by atoms with E-state index in [1.165, 1.54) is 5.09 Å². The van der Waals surface area contributed by atoms with Gasteiger partial charge in [0.1, 0.15) is 0 Å². The van der Waals surface area contributed by atoms with E-state index in [1.807, 2.05) is 0 Å².